The zero-order valence-electron chi connectivity index (χ0n) is 12.4. The van der Waals surface area contributed by atoms with Crippen molar-refractivity contribution in [3.8, 4) is 5.75 Å². The number of methoxy groups -OCH3 is 1. The Morgan fingerprint density at radius 1 is 1.19 bits per heavy atom. The van der Waals surface area contributed by atoms with Gasteiger partial charge >= 0.3 is 0 Å². The van der Waals surface area contributed by atoms with Crippen LogP contribution in [-0.2, 0) is 6.54 Å². The highest BCUT2D eigenvalue weighted by molar-refractivity contribution is 9.10. The van der Waals surface area contributed by atoms with E-state index in [1.165, 1.54) is 11.1 Å². The summed E-state index contributed by atoms with van der Waals surface area (Å²) in [6, 6.07) is 16.6. The van der Waals surface area contributed by atoms with Crippen molar-refractivity contribution in [3.63, 3.8) is 0 Å². The van der Waals surface area contributed by atoms with Crippen molar-refractivity contribution in [2.45, 2.75) is 12.6 Å². The quantitative estimate of drug-likeness (QED) is 0.866. The Hall–Kier alpha value is -1.36. The van der Waals surface area contributed by atoms with Gasteiger partial charge in [-0.15, -0.1) is 0 Å². The molecule has 0 aromatic heterocycles. The molecule has 1 unspecified atom stereocenters. The summed E-state index contributed by atoms with van der Waals surface area (Å²) in [6.45, 7) is 1.42. The van der Waals surface area contributed by atoms with E-state index in [0.717, 1.165) is 16.8 Å². The van der Waals surface area contributed by atoms with Crippen LogP contribution in [0.2, 0.25) is 0 Å². The minimum absolute atomic E-state index is 0.170. The van der Waals surface area contributed by atoms with E-state index in [4.69, 9.17) is 10.5 Å². The third-order valence-electron chi connectivity index (χ3n) is 3.58. The van der Waals surface area contributed by atoms with Crippen molar-refractivity contribution in [3.05, 3.63) is 64.1 Å². The molecule has 2 aromatic carbocycles. The predicted molar refractivity (Wildman–Crippen MR) is 90.4 cm³/mol. The van der Waals surface area contributed by atoms with Gasteiger partial charge in [0.25, 0.3) is 0 Å². The lowest BCUT2D eigenvalue weighted by Gasteiger charge is -2.27. The van der Waals surface area contributed by atoms with Crippen molar-refractivity contribution in [2.75, 3.05) is 20.7 Å². The van der Waals surface area contributed by atoms with Crippen LogP contribution in [0.4, 0.5) is 0 Å². The first-order valence-corrected chi connectivity index (χ1v) is 7.72. The average Bonchev–Trinajstić information content (AvgIpc) is 2.50. The van der Waals surface area contributed by atoms with E-state index in [2.05, 4.69) is 64.3 Å². The molecule has 0 radical (unpaired) electrons. The first-order chi connectivity index (χ1) is 10.1. The van der Waals surface area contributed by atoms with E-state index in [1.54, 1.807) is 7.11 Å². The summed E-state index contributed by atoms with van der Waals surface area (Å²) in [5, 5.41) is 0. The summed E-state index contributed by atoms with van der Waals surface area (Å²) in [5.74, 6) is 0.864. The number of nitrogens with zero attached hydrogens (tertiary/aromatic N) is 1. The van der Waals surface area contributed by atoms with Gasteiger partial charge in [-0.25, -0.2) is 0 Å². The molecule has 0 heterocycles. The van der Waals surface area contributed by atoms with Gasteiger partial charge in [0.2, 0.25) is 0 Å². The first-order valence-electron chi connectivity index (χ1n) is 6.92. The van der Waals surface area contributed by atoms with Crippen LogP contribution in [0.25, 0.3) is 0 Å². The normalized spacial score (nSPS) is 12.4. The Kier molecular flexibility index (Phi) is 5.79. The molecule has 0 bridgehead atoms. The predicted octanol–water partition coefficient (Wildman–Crippen LogP) is 3.59. The van der Waals surface area contributed by atoms with E-state index in [-0.39, 0.29) is 6.04 Å². The van der Waals surface area contributed by atoms with Crippen LogP contribution < -0.4 is 10.5 Å². The molecule has 21 heavy (non-hydrogen) atoms. The monoisotopic (exact) mass is 348 g/mol. The third-order valence-corrected chi connectivity index (χ3v) is 4.11. The van der Waals surface area contributed by atoms with Gasteiger partial charge in [-0.2, -0.15) is 0 Å². The highest BCUT2D eigenvalue weighted by Crippen LogP contribution is 2.24. The highest BCUT2D eigenvalue weighted by Gasteiger charge is 2.16. The fraction of sp³-hybridized carbons (Fsp3) is 0.294. The van der Waals surface area contributed by atoms with Gasteiger partial charge in [0.05, 0.1) is 7.11 Å². The Balaban J connectivity index is 2.13. The lowest BCUT2D eigenvalue weighted by atomic mass is 10.0. The summed E-state index contributed by atoms with van der Waals surface area (Å²) in [5.41, 5.74) is 8.43. The van der Waals surface area contributed by atoms with Crippen molar-refractivity contribution >= 4 is 15.9 Å². The number of ether oxygens (including phenoxy) is 1. The molecular formula is C17H21BrN2O. The molecule has 4 heteroatoms. The minimum Gasteiger partial charge on any atom is -0.497 e. The molecule has 2 rings (SSSR count). The molecule has 3 nitrogen and oxygen atoms in total. The van der Waals surface area contributed by atoms with Crippen molar-refractivity contribution < 1.29 is 4.74 Å². The van der Waals surface area contributed by atoms with Crippen molar-refractivity contribution in [2.24, 2.45) is 5.73 Å². The first kappa shape index (κ1) is 16.0. The number of hydrogen-bond donors (Lipinski definition) is 1. The molecule has 0 saturated carbocycles. The summed E-state index contributed by atoms with van der Waals surface area (Å²) < 4.78 is 6.39. The maximum atomic E-state index is 5.99. The number of rotatable bonds is 6. The zero-order valence-corrected chi connectivity index (χ0v) is 14.0. The van der Waals surface area contributed by atoms with Gasteiger partial charge in [-0.3, -0.25) is 4.90 Å². The summed E-state index contributed by atoms with van der Waals surface area (Å²) in [6.07, 6.45) is 0. The van der Waals surface area contributed by atoms with Gasteiger partial charge < -0.3 is 10.5 Å². The van der Waals surface area contributed by atoms with Gasteiger partial charge in [0.1, 0.15) is 5.75 Å². The van der Waals surface area contributed by atoms with Crippen LogP contribution in [-0.4, -0.2) is 25.6 Å². The SMILES string of the molecule is COc1cccc(C(CN)N(C)Cc2ccc(Br)cc2)c1. The second kappa shape index (κ2) is 7.59. The maximum Gasteiger partial charge on any atom is 0.119 e. The topological polar surface area (TPSA) is 38.5 Å². The molecular weight excluding hydrogens is 328 g/mol. The minimum atomic E-state index is 0.170. The number of halogens is 1. The van der Waals surface area contributed by atoms with Crippen LogP contribution in [0.15, 0.2) is 53.0 Å². The lowest BCUT2D eigenvalue weighted by Crippen LogP contribution is -2.30. The molecule has 0 spiro atoms. The average molecular weight is 349 g/mol. The van der Waals surface area contributed by atoms with Crippen LogP contribution in [0.3, 0.4) is 0 Å². The van der Waals surface area contributed by atoms with Crippen LogP contribution in [0.1, 0.15) is 17.2 Å². The van der Waals surface area contributed by atoms with E-state index in [0.29, 0.717) is 6.54 Å². The van der Waals surface area contributed by atoms with E-state index < -0.39 is 0 Å². The molecule has 112 valence electrons. The molecule has 0 saturated heterocycles. The van der Waals surface area contributed by atoms with Gasteiger partial charge in [-0.05, 0) is 42.4 Å². The largest absolute Gasteiger partial charge is 0.497 e. The highest BCUT2D eigenvalue weighted by atomic mass is 79.9. The third kappa shape index (κ3) is 4.30. The molecule has 0 fully saturated rings. The van der Waals surface area contributed by atoms with Gasteiger partial charge in [0, 0.05) is 23.6 Å². The lowest BCUT2D eigenvalue weighted by molar-refractivity contribution is 0.241. The summed E-state index contributed by atoms with van der Waals surface area (Å²) >= 11 is 3.46. The van der Waals surface area contributed by atoms with Gasteiger partial charge in [0.15, 0.2) is 0 Å². The smallest absolute Gasteiger partial charge is 0.119 e. The second-order valence-corrected chi connectivity index (χ2v) is 5.99. The van der Waals surface area contributed by atoms with E-state index in [1.807, 2.05) is 12.1 Å². The molecule has 0 aliphatic rings. The van der Waals surface area contributed by atoms with E-state index in [9.17, 15) is 0 Å². The fourth-order valence-corrected chi connectivity index (χ4v) is 2.67. The molecule has 0 aliphatic heterocycles. The molecule has 1 atom stereocenters. The molecule has 0 amide bonds. The van der Waals surface area contributed by atoms with E-state index >= 15 is 0 Å². The Morgan fingerprint density at radius 2 is 1.90 bits per heavy atom. The molecule has 2 N–H and O–H groups in total. The maximum absolute atomic E-state index is 5.99. The molecule has 2 aromatic rings. The standard InChI is InChI=1S/C17H21BrN2O/c1-20(12-13-6-8-15(18)9-7-13)17(11-19)14-4-3-5-16(10-14)21-2/h3-10,17H,11-12,19H2,1-2H3. The summed E-state index contributed by atoms with van der Waals surface area (Å²) in [7, 11) is 3.78. The summed E-state index contributed by atoms with van der Waals surface area (Å²) in [4.78, 5) is 2.26. The Bertz CT molecular complexity index is 571. The number of likely N-dealkylation sites (N-methyl/N-ethyl adjacent to an activating group) is 1. The fourth-order valence-electron chi connectivity index (χ4n) is 2.41. The number of benzene rings is 2. The van der Waals surface area contributed by atoms with Crippen LogP contribution in [0.5, 0.6) is 5.75 Å². The van der Waals surface area contributed by atoms with Crippen LogP contribution >= 0.6 is 15.9 Å². The second-order valence-electron chi connectivity index (χ2n) is 5.07. The molecule has 0 aliphatic carbocycles. The van der Waals surface area contributed by atoms with Crippen molar-refractivity contribution in [1.82, 2.24) is 4.90 Å². The van der Waals surface area contributed by atoms with Crippen LogP contribution in [0, 0.1) is 0 Å². The van der Waals surface area contributed by atoms with Crippen molar-refractivity contribution in [1.29, 1.82) is 0 Å². The Morgan fingerprint density at radius 3 is 2.52 bits per heavy atom. The zero-order chi connectivity index (χ0) is 15.2. The number of nitrogens with two attached hydrogens (primary N) is 1. The van der Waals surface area contributed by atoms with Gasteiger partial charge in [-0.1, -0.05) is 40.2 Å². The number of hydrogen-bond acceptors (Lipinski definition) is 3. The Labute approximate surface area is 134 Å².